The first-order valence-electron chi connectivity index (χ1n) is 6.84. The molecule has 0 aromatic heterocycles. The molecule has 96 valence electrons. The van der Waals surface area contributed by atoms with E-state index in [1.54, 1.807) is 6.07 Å². The van der Waals surface area contributed by atoms with E-state index in [1.807, 2.05) is 12.1 Å². The maximum Gasteiger partial charge on any atom is 0.115 e. The molecule has 1 aromatic carbocycles. The summed E-state index contributed by atoms with van der Waals surface area (Å²) in [5.74, 6) is 1.08. The Hall–Kier alpha value is -1.28. The molecule has 1 aromatic rings. The fourth-order valence-electron chi connectivity index (χ4n) is 3.67. The summed E-state index contributed by atoms with van der Waals surface area (Å²) in [6.07, 6.45) is 8.13. The number of hydrogen-bond acceptors (Lipinski definition) is 2. The van der Waals surface area contributed by atoms with Gasteiger partial charge in [0.1, 0.15) is 5.75 Å². The molecular formula is C16H21NO. The number of likely N-dealkylation sites (tertiary alicyclic amines) is 1. The van der Waals surface area contributed by atoms with Crippen molar-refractivity contribution in [2.24, 2.45) is 5.92 Å². The van der Waals surface area contributed by atoms with Crippen LogP contribution in [0.3, 0.4) is 0 Å². The quantitative estimate of drug-likeness (QED) is 0.767. The van der Waals surface area contributed by atoms with E-state index in [0.717, 1.165) is 13.0 Å². The van der Waals surface area contributed by atoms with Crippen LogP contribution in [0.25, 0.3) is 0 Å². The van der Waals surface area contributed by atoms with Crippen LogP contribution >= 0.6 is 0 Å². The Morgan fingerprint density at radius 2 is 2.22 bits per heavy atom. The van der Waals surface area contributed by atoms with Crippen LogP contribution in [-0.4, -0.2) is 30.1 Å². The summed E-state index contributed by atoms with van der Waals surface area (Å²) in [5, 5.41) is 9.75. The fourth-order valence-corrected chi connectivity index (χ4v) is 3.67. The lowest BCUT2D eigenvalue weighted by Gasteiger charge is -2.49. The smallest absolute Gasteiger partial charge is 0.115 e. The Bertz CT molecular complexity index is 468. The van der Waals surface area contributed by atoms with Crippen molar-refractivity contribution in [1.82, 2.24) is 4.90 Å². The van der Waals surface area contributed by atoms with Crippen molar-refractivity contribution in [1.29, 1.82) is 0 Å². The molecule has 2 heteroatoms. The van der Waals surface area contributed by atoms with Gasteiger partial charge in [-0.1, -0.05) is 24.3 Å². The van der Waals surface area contributed by atoms with Crippen LogP contribution in [-0.2, 0) is 5.41 Å². The highest BCUT2D eigenvalue weighted by Crippen LogP contribution is 2.47. The molecular weight excluding hydrogens is 222 g/mol. The zero-order chi connectivity index (χ0) is 12.6. The number of hydrogen-bond donors (Lipinski definition) is 1. The zero-order valence-corrected chi connectivity index (χ0v) is 11.0. The minimum absolute atomic E-state index is 0.250. The van der Waals surface area contributed by atoms with Gasteiger partial charge in [0.2, 0.25) is 0 Å². The maximum absolute atomic E-state index is 9.75. The van der Waals surface area contributed by atoms with Crippen molar-refractivity contribution in [3.8, 4) is 5.75 Å². The summed E-state index contributed by atoms with van der Waals surface area (Å²) in [7, 11) is 2.21. The largest absolute Gasteiger partial charge is 0.508 e. The molecule has 0 radical (unpaired) electrons. The Balaban J connectivity index is 2.02. The molecule has 1 N–H and O–H groups in total. The predicted octanol–water partition coefficient (Wildman–Crippen LogP) is 2.93. The average molecular weight is 243 g/mol. The van der Waals surface area contributed by atoms with Crippen LogP contribution in [0.4, 0.5) is 0 Å². The van der Waals surface area contributed by atoms with Gasteiger partial charge in [0, 0.05) is 12.0 Å². The van der Waals surface area contributed by atoms with Crippen molar-refractivity contribution in [3.63, 3.8) is 0 Å². The number of aromatic hydroxyl groups is 1. The summed E-state index contributed by atoms with van der Waals surface area (Å²) in [5.41, 5.74) is 1.57. The monoisotopic (exact) mass is 243 g/mol. The van der Waals surface area contributed by atoms with E-state index in [0.29, 0.717) is 11.7 Å². The van der Waals surface area contributed by atoms with Crippen molar-refractivity contribution in [2.75, 3.05) is 20.1 Å². The van der Waals surface area contributed by atoms with Gasteiger partial charge in [-0.05, 0) is 56.5 Å². The van der Waals surface area contributed by atoms with E-state index in [1.165, 1.54) is 24.9 Å². The van der Waals surface area contributed by atoms with Crippen molar-refractivity contribution >= 4 is 0 Å². The molecule has 1 aliphatic heterocycles. The maximum atomic E-state index is 9.75. The number of nitrogens with zero attached hydrogens (tertiary/aromatic N) is 1. The van der Waals surface area contributed by atoms with E-state index in [-0.39, 0.29) is 5.41 Å². The Morgan fingerprint density at radius 1 is 1.33 bits per heavy atom. The minimum Gasteiger partial charge on any atom is -0.508 e. The number of benzene rings is 1. The Labute approximate surface area is 109 Å². The molecule has 0 saturated carbocycles. The average Bonchev–Trinajstić information content (AvgIpc) is 2.38. The van der Waals surface area contributed by atoms with Crippen LogP contribution in [0.1, 0.15) is 24.8 Å². The third kappa shape index (κ3) is 1.85. The molecule has 1 saturated heterocycles. The van der Waals surface area contributed by atoms with Gasteiger partial charge in [0.15, 0.2) is 0 Å². The van der Waals surface area contributed by atoms with Crippen LogP contribution in [0, 0.1) is 5.92 Å². The van der Waals surface area contributed by atoms with Gasteiger partial charge in [0.25, 0.3) is 0 Å². The first-order chi connectivity index (χ1) is 8.71. The molecule has 0 spiro atoms. The molecule has 1 heterocycles. The lowest BCUT2D eigenvalue weighted by atomic mass is 9.61. The van der Waals surface area contributed by atoms with Crippen LogP contribution in [0.2, 0.25) is 0 Å². The van der Waals surface area contributed by atoms with Gasteiger partial charge in [0.05, 0.1) is 0 Å². The number of fused-ring (bicyclic) bond motifs is 1. The Kier molecular flexibility index (Phi) is 2.90. The first-order valence-corrected chi connectivity index (χ1v) is 6.84. The number of allylic oxidation sites excluding steroid dienone is 2. The van der Waals surface area contributed by atoms with Crippen molar-refractivity contribution in [3.05, 3.63) is 42.0 Å². The van der Waals surface area contributed by atoms with E-state index in [2.05, 4.69) is 30.2 Å². The molecule has 0 amide bonds. The first kappa shape index (κ1) is 11.8. The molecule has 1 fully saturated rings. The SMILES string of the molecule is CN1CC[C@]2(c3cccc(O)c3)CC=CC[C@@H]2C1. The van der Waals surface area contributed by atoms with Crippen molar-refractivity contribution in [2.45, 2.75) is 24.7 Å². The topological polar surface area (TPSA) is 23.5 Å². The third-order valence-corrected chi connectivity index (χ3v) is 4.74. The molecule has 18 heavy (non-hydrogen) atoms. The normalized spacial score (nSPS) is 32.2. The highest BCUT2D eigenvalue weighted by Gasteiger charge is 2.43. The second-order valence-corrected chi connectivity index (χ2v) is 5.83. The zero-order valence-electron chi connectivity index (χ0n) is 11.0. The van der Waals surface area contributed by atoms with Gasteiger partial charge in [-0.3, -0.25) is 0 Å². The summed E-state index contributed by atoms with van der Waals surface area (Å²) in [4.78, 5) is 2.44. The molecule has 2 atom stereocenters. The van der Waals surface area contributed by atoms with Gasteiger partial charge in [-0.15, -0.1) is 0 Å². The predicted molar refractivity (Wildman–Crippen MR) is 73.8 cm³/mol. The number of piperidine rings is 1. The highest BCUT2D eigenvalue weighted by molar-refractivity contribution is 5.36. The molecule has 2 aliphatic rings. The van der Waals surface area contributed by atoms with Gasteiger partial charge >= 0.3 is 0 Å². The second kappa shape index (κ2) is 4.43. The summed E-state index contributed by atoms with van der Waals surface area (Å²) in [6, 6.07) is 7.91. The minimum atomic E-state index is 0.250. The lowest BCUT2D eigenvalue weighted by Crippen LogP contribution is -2.49. The number of phenols is 1. The molecule has 3 rings (SSSR count). The summed E-state index contributed by atoms with van der Waals surface area (Å²) in [6.45, 7) is 2.32. The summed E-state index contributed by atoms with van der Waals surface area (Å²) >= 11 is 0. The molecule has 0 unspecified atom stereocenters. The van der Waals surface area contributed by atoms with E-state index in [9.17, 15) is 5.11 Å². The van der Waals surface area contributed by atoms with Gasteiger partial charge in [-0.2, -0.15) is 0 Å². The molecule has 2 nitrogen and oxygen atoms in total. The number of phenolic OH excluding ortho intramolecular Hbond substituents is 1. The standard InChI is InChI=1S/C16H21NO/c1-17-10-9-16(8-3-2-5-14(16)12-17)13-6-4-7-15(18)11-13/h2-4,6-7,11,14,18H,5,8-10,12H2,1H3/t14-,16+/m1/s1. The summed E-state index contributed by atoms with van der Waals surface area (Å²) < 4.78 is 0. The van der Waals surface area contributed by atoms with E-state index < -0.39 is 0 Å². The van der Waals surface area contributed by atoms with E-state index in [4.69, 9.17) is 0 Å². The Morgan fingerprint density at radius 3 is 3.06 bits per heavy atom. The highest BCUT2D eigenvalue weighted by atomic mass is 16.3. The van der Waals surface area contributed by atoms with Gasteiger partial charge in [-0.25, -0.2) is 0 Å². The molecule has 1 aliphatic carbocycles. The fraction of sp³-hybridized carbons (Fsp3) is 0.500. The van der Waals surface area contributed by atoms with Crippen LogP contribution in [0.15, 0.2) is 36.4 Å². The second-order valence-electron chi connectivity index (χ2n) is 5.83. The number of rotatable bonds is 1. The van der Waals surface area contributed by atoms with Crippen LogP contribution < -0.4 is 0 Å². The van der Waals surface area contributed by atoms with Gasteiger partial charge < -0.3 is 10.0 Å². The van der Waals surface area contributed by atoms with Crippen LogP contribution in [0.5, 0.6) is 5.75 Å². The van der Waals surface area contributed by atoms with E-state index >= 15 is 0 Å². The molecule has 0 bridgehead atoms. The lowest BCUT2D eigenvalue weighted by molar-refractivity contribution is 0.106. The van der Waals surface area contributed by atoms with Crippen molar-refractivity contribution < 1.29 is 5.11 Å². The third-order valence-electron chi connectivity index (χ3n) is 4.74.